The van der Waals surface area contributed by atoms with Gasteiger partial charge in [0.05, 0.1) is 0 Å². The summed E-state index contributed by atoms with van der Waals surface area (Å²) in [5, 5.41) is 8.84. The lowest BCUT2D eigenvalue weighted by Gasteiger charge is -2.32. The van der Waals surface area contributed by atoms with Gasteiger partial charge >= 0.3 is 0 Å². The molecule has 2 heterocycles. The number of nitrogens with one attached hydrogen (secondary N) is 2. The maximum atomic E-state index is 12.4. The largest absolute Gasteiger partial charge is 0.348 e. The summed E-state index contributed by atoms with van der Waals surface area (Å²) in [6, 6.07) is 11.8. The Hall–Kier alpha value is -2.96. The third-order valence-corrected chi connectivity index (χ3v) is 4.05. The summed E-state index contributed by atoms with van der Waals surface area (Å²) in [5.41, 5.74) is 0.508. The molecule has 0 atom stereocenters. The second-order valence-corrected chi connectivity index (χ2v) is 5.71. The van der Waals surface area contributed by atoms with Gasteiger partial charge < -0.3 is 10.2 Å². The first-order chi connectivity index (χ1) is 11.6. The van der Waals surface area contributed by atoms with Crippen LogP contribution in [0.1, 0.15) is 33.7 Å². The summed E-state index contributed by atoms with van der Waals surface area (Å²) in [4.78, 5) is 37.2. The number of hydrogen-bond donors (Lipinski definition) is 2. The van der Waals surface area contributed by atoms with Crippen LogP contribution in [-0.2, 0) is 0 Å². The number of H-pyrrole nitrogens is 1. The third-order valence-electron chi connectivity index (χ3n) is 4.05. The molecule has 0 unspecified atom stereocenters. The predicted octanol–water partition coefficient (Wildman–Crippen LogP) is 0.804. The second-order valence-electron chi connectivity index (χ2n) is 5.71. The van der Waals surface area contributed by atoms with Crippen molar-refractivity contribution in [3.05, 3.63) is 64.1 Å². The molecule has 1 aliphatic rings. The number of amides is 2. The standard InChI is InChI=1S/C17H18N4O3/c22-15-7-6-14(19-20-15)16(23)18-13-8-10-21(11-9-13)17(24)12-4-2-1-3-5-12/h1-7,13H,8-11H2,(H,18,23)(H,20,22). The number of likely N-dealkylation sites (tertiary alicyclic amines) is 1. The molecule has 0 saturated carbocycles. The van der Waals surface area contributed by atoms with E-state index in [1.54, 1.807) is 17.0 Å². The molecule has 7 heteroatoms. The van der Waals surface area contributed by atoms with Crippen LogP contribution in [0.2, 0.25) is 0 Å². The van der Waals surface area contributed by atoms with E-state index in [0.717, 1.165) is 0 Å². The minimum atomic E-state index is -0.348. The van der Waals surface area contributed by atoms with E-state index < -0.39 is 0 Å². The Morgan fingerprint density at radius 3 is 2.42 bits per heavy atom. The van der Waals surface area contributed by atoms with E-state index in [9.17, 15) is 14.4 Å². The Labute approximate surface area is 138 Å². The zero-order valence-electron chi connectivity index (χ0n) is 13.1. The third kappa shape index (κ3) is 3.68. The fourth-order valence-corrected chi connectivity index (χ4v) is 2.72. The Bertz CT molecular complexity index is 759. The van der Waals surface area contributed by atoms with Gasteiger partial charge in [-0.3, -0.25) is 14.4 Å². The number of hydrogen-bond acceptors (Lipinski definition) is 4. The number of benzene rings is 1. The Balaban J connectivity index is 1.53. The zero-order valence-corrected chi connectivity index (χ0v) is 13.1. The van der Waals surface area contributed by atoms with Gasteiger partial charge in [0, 0.05) is 30.8 Å². The van der Waals surface area contributed by atoms with Crippen molar-refractivity contribution in [1.29, 1.82) is 0 Å². The van der Waals surface area contributed by atoms with Crippen LogP contribution < -0.4 is 10.9 Å². The van der Waals surface area contributed by atoms with Crippen LogP contribution in [0.15, 0.2) is 47.3 Å². The summed E-state index contributed by atoms with van der Waals surface area (Å²) in [6.07, 6.45) is 1.38. The molecule has 0 aliphatic carbocycles. The molecule has 1 saturated heterocycles. The molecule has 0 spiro atoms. The van der Waals surface area contributed by atoms with Crippen LogP contribution in [0, 0.1) is 0 Å². The molecule has 7 nitrogen and oxygen atoms in total. The highest BCUT2D eigenvalue weighted by atomic mass is 16.2. The molecular formula is C17H18N4O3. The van der Waals surface area contributed by atoms with Gasteiger partial charge in [0.15, 0.2) is 0 Å². The quantitative estimate of drug-likeness (QED) is 0.872. The number of carbonyl (C=O) groups is 2. The van der Waals surface area contributed by atoms with E-state index in [-0.39, 0.29) is 29.1 Å². The monoisotopic (exact) mass is 326 g/mol. The first-order valence-corrected chi connectivity index (χ1v) is 7.84. The average Bonchev–Trinajstić information content (AvgIpc) is 2.63. The molecule has 1 fully saturated rings. The van der Waals surface area contributed by atoms with Crippen LogP contribution in [-0.4, -0.2) is 46.0 Å². The van der Waals surface area contributed by atoms with E-state index in [4.69, 9.17) is 0 Å². The maximum Gasteiger partial charge on any atom is 0.271 e. The molecule has 1 aromatic carbocycles. The second kappa shape index (κ2) is 7.08. The topological polar surface area (TPSA) is 95.2 Å². The van der Waals surface area contributed by atoms with Crippen molar-refractivity contribution in [2.24, 2.45) is 0 Å². The number of nitrogens with zero attached hydrogens (tertiary/aromatic N) is 2. The van der Waals surface area contributed by atoms with E-state index in [1.807, 2.05) is 18.2 Å². The average molecular weight is 326 g/mol. The van der Waals surface area contributed by atoms with Crippen molar-refractivity contribution in [2.45, 2.75) is 18.9 Å². The minimum absolute atomic E-state index is 0.00829. The highest BCUT2D eigenvalue weighted by molar-refractivity contribution is 5.94. The first kappa shape index (κ1) is 15.9. The predicted molar refractivity (Wildman–Crippen MR) is 87.7 cm³/mol. The SMILES string of the molecule is O=C(NC1CCN(C(=O)c2ccccc2)CC1)c1ccc(=O)[nH]n1. The Kier molecular flexibility index (Phi) is 4.69. The Morgan fingerprint density at radius 2 is 1.79 bits per heavy atom. The minimum Gasteiger partial charge on any atom is -0.348 e. The van der Waals surface area contributed by atoms with Gasteiger partial charge in [-0.1, -0.05) is 18.2 Å². The maximum absolute atomic E-state index is 12.4. The molecule has 1 aliphatic heterocycles. The number of carbonyl (C=O) groups excluding carboxylic acids is 2. The summed E-state index contributed by atoms with van der Waals surface area (Å²) in [5.74, 6) is -0.304. The molecule has 0 bridgehead atoms. The number of piperidine rings is 1. The Morgan fingerprint density at radius 1 is 1.08 bits per heavy atom. The molecule has 124 valence electrons. The summed E-state index contributed by atoms with van der Waals surface area (Å²) < 4.78 is 0. The number of rotatable bonds is 3. The number of aromatic amines is 1. The lowest BCUT2D eigenvalue weighted by atomic mass is 10.0. The fraction of sp³-hybridized carbons (Fsp3) is 0.294. The van der Waals surface area contributed by atoms with Gasteiger partial charge in [-0.05, 0) is 31.0 Å². The highest BCUT2D eigenvalue weighted by Gasteiger charge is 2.25. The fourth-order valence-electron chi connectivity index (χ4n) is 2.72. The van der Waals surface area contributed by atoms with Crippen molar-refractivity contribution < 1.29 is 9.59 Å². The molecular weight excluding hydrogens is 308 g/mol. The zero-order chi connectivity index (χ0) is 16.9. The molecule has 2 N–H and O–H groups in total. The molecule has 2 aromatic rings. The van der Waals surface area contributed by atoms with Crippen molar-refractivity contribution in [1.82, 2.24) is 20.4 Å². The van der Waals surface area contributed by atoms with Crippen LogP contribution in [0.25, 0.3) is 0 Å². The molecule has 0 radical (unpaired) electrons. The molecule has 24 heavy (non-hydrogen) atoms. The van der Waals surface area contributed by atoms with Crippen LogP contribution in [0.4, 0.5) is 0 Å². The van der Waals surface area contributed by atoms with E-state index in [2.05, 4.69) is 15.5 Å². The first-order valence-electron chi connectivity index (χ1n) is 7.84. The van der Waals surface area contributed by atoms with Crippen LogP contribution in [0.3, 0.4) is 0 Å². The van der Waals surface area contributed by atoms with Gasteiger partial charge in [0.25, 0.3) is 17.4 Å². The lowest BCUT2D eigenvalue weighted by molar-refractivity contribution is 0.0697. The molecule has 2 amide bonds. The summed E-state index contributed by atoms with van der Waals surface area (Å²) >= 11 is 0. The van der Waals surface area contributed by atoms with Gasteiger partial charge in [0.1, 0.15) is 5.69 Å². The lowest BCUT2D eigenvalue weighted by Crippen LogP contribution is -2.46. The van der Waals surface area contributed by atoms with E-state index in [0.29, 0.717) is 31.5 Å². The number of aromatic nitrogens is 2. The summed E-state index contributed by atoms with van der Waals surface area (Å²) in [6.45, 7) is 1.19. The summed E-state index contributed by atoms with van der Waals surface area (Å²) in [7, 11) is 0. The molecule has 1 aromatic heterocycles. The van der Waals surface area contributed by atoms with Crippen molar-refractivity contribution in [2.75, 3.05) is 13.1 Å². The van der Waals surface area contributed by atoms with Gasteiger partial charge in [-0.25, -0.2) is 5.10 Å². The molecule has 3 rings (SSSR count). The smallest absolute Gasteiger partial charge is 0.271 e. The normalized spacial score (nSPS) is 15.1. The van der Waals surface area contributed by atoms with Crippen LogP contribution >= 0.6 is 0 Å². The highest BCUT2D eigenvalue weighted by Crippen LogP contribution is 2.14. The van der Waals surface area contributed by atoms with Crippen molar-refractivity contribution >= 4 is 11.8 Å². The van der Waals surface area contributed by atoms with Crippen molar-refractivity contribution in [3.8, 4) is 0 Å². The van der Waals surface area contributed by atoms with Gasteiger partial charge in [-0.15, -0.1) is 0 Å². The van der Waals surface area contributed by atoms with E-state index >= 15 is 0 Å². The van der Waals surface area contributed by atoms with Gasteiger partial charge in [0.2, 0.25) is 0 Å². The van der Waals surface area contributed by atoms with Gasteiger partial charge in [-0.2, -0.15) is 5.10 Å². The van der Waals surface area contributed by atoms with Crippen LogP contribution in [0.5, 0.6) is 0 Å². The van der Waals surface area contributed by atoms with Crippen molar-refractivity contribution in [3.63, 3.8) is 0 Å². The van der Waals surface area contributed by atoms with E-state index in [1.165, 1.54) is 12.1 Å².